The topological polar surface area (TPSA) is 27.7 Å². The molecular weight excluding hydrogens is 192 g/mol. The van der Waals surface area contributed by atoms with E-state index in [9.17, 15) is 0 Å². The van der Waals surface area contributed by atoms with Gasteiger partial charge in [-0.05, 0) is 0 Å². The zero-order valence-corrected chi connectivity index (χ0v) is 8.76. The van der Waals surface area contributed by atoms with Crippen LogP contribution in [0.15, 0.2) is 0 Å². The molecule has 0 saturated carbocycles. The molecular formula is C9H15ClO3. The summed E-state index contributed by atoms with van der Waals surface area (Å²) >= 11 is 5.72. The maximum absolute atomic E-state index is 5.80. The third-order valence-electron chi connectivity index (χ3n) is 2.82. The molecule has 0 aromatic rings. The van der Waals surface area contributed by atoms with Crippen molar-refractivity contribution in [1.29, 1.82) is 0 Å². The first kappa shape index (κ1) is 9.71. The molecule has 2 aliphatic rings. The summed E-state index contributed by atoms with van der Waals surface area (Å²) in [5.41, 5.74) is -0.0756. The van der Waals surface area contributed by atoms with E-state index < -0.39 is 5.79 Å². The van der Waals surface area contributed by atoms with E-state index in [-0.39, 0.29) is 11.5 Å². The highest BCUT2D eigenvalue weighted by molar-refractivity contribution is 6.18. The second kappa shape index (κ2) is 3.09. The molecule has 2 rings (SSSR count). The Morgan fingerprint density at radius 3 is 2.62 bits per heavy atom. The number of alkyl halides is 1. The highest BCUT2D eigenvalue weighted by Gasteiger charge is 2.56. The molecule has 0 aliphatic carbocycles. The maximum atomic E-state index is 5.80. The van der Waals surface area contributed by atoms with Crippen LogP contribution < -0.4 is 0 Å². The van der Waals surface area contributed by atoms with Gasteiger partial charge >= 0.3 is 0 Å². The van der Waals surface area contributed by atoms with Crippen LogP contribution in [-0.4, -0.2) is 37.6 Å². The van der Waals surface area contributed by atoms with Crippen molar-refractivity contribution in [3.8, 4) is 0 Å². The summed E-state index contributed by atoms with van der Waals surface area (Å²) < 4.78 is 16.9. The molecule has 2 saturated heterocycles. The molecule has 4 heteroatoms. The zero-order valence-electron chi connectivity index (χ0n) is 8.01. The van der Waals surface area contributed by atoms with Crippen molar-refractivity contribution in [3.05, 3.63) is 0 Å². The van der Waals surface area contributed by atoms with Gasteiger partial charge in [0.05, 0.1) is 25.2 Å². The van der Waals surface area contributed by atoms with Crippen molar-refractivity contribution in [2.75, 3.05) is 25.7 Å². The summed E-state index contributed by atoms with van der Waals surface area (Å²) in [6, 6.07) is 0. The van der Waals surface area contributed by atoms with Gasteiger partial charge in [-0.15, -0.1) is 11.6 Å². The standard InChI is InChI=1S/C9H15ClO3/c1-8(2)5-11-6-9(8)12-4-7(3-10)13-9/h7H,3-6H2,1-2H3. The molecule has 2 fully saturated rings. The Labute approximate surface area is 83.3 Å². The molecule has 0 amide bonds. The van der Waals surface area contributed by atoms with E-state index in [1.807, 2.05) is 0 Å². The van der Waals surface area contributed by atoms with Crippen LogP contribution in [0.4, 0.5) is 0 Å². The molecule has 2 unspecified atom stereocenters. The van der Waals surface area contributed by atoms with Crippen molar-refractivity contribution in [2.24, 2.45) is 5.41 Å². The lowest BCUT2D eigenvalue weighted by Gasteiger charge is -2.33. The lowest BCUT2D eigenvalue weighted by molar-refractivity contribution is -0.211. The third-order valence-corrected chi connectivity index (χ3v) is 3.16. The van der Waals surface area contributed by atoms with Gasteiger partial charge in [0.25, 0.3) is 0 Å². The minimum Gasteiger partial charge on any atom is -0.375 e. The van der Waals surface area contributed by atoms with Gasteiger partial charge in [-0.3, -0.25) is 0 Å². The summed E-state index contributed by atoms with van der Waals surface area (Å²) in [4.78, 5) is 0. The second-order valence-electron chi connectivity index (χ2n) is 4.33. The average molecular weight is 207 g/mol. The van der Waals surface area contributed by atoms with E-state index in [0.29, 0.717) is 25.7 Å². The molecule has 2 heterocycles. The largest absolute Gasteiger partial charge is 0.375 e. The highest BCUT2D eigenvalue weighted by atomic mass is 35.5. The average Bonchev–Trinajstić information content (AvgIpc) is 2.60. The zero-order chi connectivity index (χ0) is 9.53. The first-order valence-corrected chi connectivity index (χ1v) is 5.09. The molecule has 0 N–H and O–H groups in total. The number of hydrogen-bond acceptors (Lipinski definition) is 3. The van der Waals surface area contributed by atoms with Crippen molar-refractivity contribution in [2.45, 2.75) is 25.7 Å². The first-order valence-electron chi connectivity index (χ1n) is 4.55. The lowest BCUT2D eigenvalue weighted by atomic mass is 9.86. The second-order valence-corrected chi connectivity index (χ2v) is 4.64. The minimum atomic E-state index is -0.549. The Morgan fingerprint density at radius 2 is 2.15 bits per heavy atom. The van der Waals surface area contributed by atoms with E-state index in [2.05, 4.69) is 13.8 Å². The van der Waals surface area contributed by atoms with Crippen molar-refractivity contribution in [1.82, 2.24) is 0 Å². The number of ether oxygens (including phenoxy) is 3. The van der Waals surface area contributed by atoms with Gasteiger partial charge in [0.1, 0.15) is 6.61 Å². The summed E-state index contributed by atoms with van der Waals surface area (Å²) in [5, 5.41) is 0. The number of hydrogen-bond donors (Lipinski definition) is 0. The monoisotopic (exact) mass is 206 g/mol. The Kier molecular flexibility index (Phi) is 2.31. The number of halogens is 1. The molecule has 76 valence electrons. The Bertz CT molecular complexity index is 207. The van der Waals surface area contributed by atoms with Crippen LogP contribution in [0, 0.1) is 5.41 Å². The smallest absolute Gasteiger partial charge is 0.199 e. The molecule has 1 spiro atoms. The van der Waals surface area contributed by atoms with Gasteiger partial charge < -0.3 is 14.2 Å². The van der Waals surface area contributed by atoms with Crippen LogP contribution in [0.5, 0.6) is 0 Å². The minimum absolute atomic E-state index is 0.0163. The normalized spacial score (nSPS) is 43.2. The van der Waals surface area contributed by atoms with Gasteiger partial charge in [0.2, 0.25) is 0 Å². The molecule has 0 aromatic heterocycles. The van der Waals surface area contributed by atoms with Crippen LogP contribution in [0.3, 0.4) is 0 Å². The molecule has 2 atom stereocenters. The quantitative estimate of drug-likeness (QED) is 0.607. The Hall–Kier alpha value is 0.170. The summed E-state index contributed by atoms with van der Waals surface area (Å²) in [6.45, 7) is 5.97. The summed E-state index contributed by atoms with van der Waals surface area (Å²) in [5.74, 6) is -0.0651. The van der Waals surface area contributed by atoms with E-state index in [0.717, 1.165) is 0 Å². The fraction of sp³-hybridized carbons (Fsp3) is 1.00. The fourth-order valence-corrected chi connectivity index (χ4v) is 1.97. The summed E-state index contributed by atoms with van der Waals surface area (Å²) in [7, 11) is 0. The van der Waals surface area contributed by atoms with Crippen LogP contribution in [0.1, 0.15) is 13.8 Å². The van der Waals surface area contributed by atoms with Crippen molar-refractivity contribution >= 4 is 11.6 Å². The van der Waals surface area contributed by atoms with E-state index >= 15 is 0 Å². The van der Waals surface area contributed by atoms with Gasteiger partial charge in [-0.1, -0.05) is 13.8 Å². The molecule has 0 bridgehead atoms. The van der Waals surface area contributed by atoms with E-state index in [4.69, 9.17) is 25.8 Å². The number of rotatable bonds is 1. The first-order chi connectivity index (χ1) is 6.10. The van der Waals surface area contributed by atoms with Gasteiger partial charge in [-0.25, -0.2) is 0 Å². The lowest BCUT2D eigenvalue weighted by Crippen LogP contribution is -2.45. The molecule has 3 nitrogen and oxygen atoms in total. The predicted octanol–water partition coefficient (Wildman–Crippen LogP) is 1.39. The Morgan fingerprint density at radius 1 is 1.38 bits per heavy atom. The molecule has 2 aliphatic heterocycles. The van der Waals surface area contributed by atoms with Gasteiger partial charge in [0.15, 0.2) is 5.79 Å². The molecule has 0 radical (unpaired) electrons. The summed E-state index contributed by atoms with van der Waals surface area (Å²) in [6.07, 6.45) is 0.0163. The molecule has 0 aromatic carbocycles. The van der Waals surface area contributed by atoms with Crippen molar-refractivity contribution < 1.29 is 14.2 Å². The van der Waals surface area contributed by atoms with Crippen LogP contribution in [0.25, 0.3) is 0 Å². The third kappa shape index (κ3) is 1.38. The van der Waals surface area contributed by atoms with Crippen molar-refractivity contribution in [3.63, 3.8) is 0 Å². The molecule has 13 heavy (non-hydrogen) atoms. The Balaban J connectivity index is 2.13. The van der Waals surface area contributed by atoms with Crippen LogP contribution in [-0.2, 0) is 14.2 Å². The van der Waals surface area contributed by atoms with E-state index in [1.54, 1.807) is 0 Å². The van der Waals surface area contributed by atoms with Crippen LogP contribution in [0.2, 0.25) is 0 Å². The van der Waals surface area contributed by atoms with Gasteiger partial charge in [-0.2, -0.15) is 0 Å². The maximum Gasteiger partial charge on any atom is 0.199 e. The fourth-order valence-electron chi connectivity index (χ4n) is 1.82. The predicted molar refractivity (Wildman–Crippen MR) is 48.9 cm³/mol. The van der Waals surface area contributed by atoms with Gasteiger partial charge in [0, 0.05) is 5.41 Å². The van der Waals surface area contributed by atoms with E-state index in [1.165, 1.54) is 0 Å². The highest BCUT2D eigenvalue weighted by Crippen LogP contribution is 2.44. The van der Waals surface area contributed by atoms with Crippen LogP contribution >= 0.6 is 11.6 Å². The SMILES string of the molecule is CC1(C)COCC12OCC(CCl)O2.